The zero-order valence-electron chi connectivity index (χ0n) is 11.0. The van der Waals surface area contributed by atoms with Crippen molar-refractivity contribution in [2.45, 2.75) is 38.6 Å². The summed E-state index contributed by atoms with van der Waals surface area (Å²) in [4.78, 5) is 4.51. The van der Waals surface area contributed by atoms with Gasteiger partial charge in [-0.1, -0.05) is 6.92 Å². The molecule has 1 N–H and O–H groups in total. The van der Waals surface area contributed by atoms with Crippen LogP contribution in [0.25, 0.3) is 0 Å². The van der Waals surface area contributed by atoms with Gasteiger partial charge in [0.2, 0.25) is 0 Å². The highest BCUT2D eigenvalue weighted by Crippen LogP contribution is 2.39. The molecule has 3 rings (SSSR count). The lowest BCUT2D eigenvalue weighted by Gasteiger charge is -2.16. The number of halogens is 1. The second kappa shape index (κ2) is 6.08. The van der Waals surface area contributed by atoms with Gasteiger partial charge in [-0.3, -0.25) is 0 Å². The molecule has 4 heteroatoms. The fourth-order valence-electron chi connectivity index (χ4n) is 2.62. The quantitative estimate of drug-likeness (QED) is 0.781. The number of rotatable bonds is 5. The second-order valence-electron chi connectivity index (χ2n) is 4.97. The average molecular weight is 356 g/mol. The Hall–Kier alpha value is -0.160. The van der Waals surface area contributed by atoms with Gasteiger partial charge in [-0.15, -0.1) is 22.7 Å². The first-order chi connectivity index (χ1) is 9.29. The van der Waals surface area contributed by atoms with Gasteiger partial charge in [0, 0.05) is 19.1 Å². The van der Waals surface area contributed by atoms with Crippen LogP contribution in [0.5, 0.6) is 0 Å². The lowest BCUT2D eigenvalue weighted by molar-refractivity contribution is 0.611. The molecule has 19 heavy (non-hydrogen) atoms. The van der Waals surface area contributed by atoms with Gasteiger partial charge in [-0.2, -0.15) is 0 Å². The van der Waals surface area contributed by atoms with Crippen LogP contribution in [0, 0.1) is 0 Å². The molecule has 0 aliphatic heterocycles. The fourth-order valence-corrected chi connectivity index (χ4v) is 5.73. The van der Waals surface area contributed by atoms with Crippen LogP contribution in [0.4, 0.5) is 0 Å². The average Bonchev–Trinajstić information content (AvgIpc) is 3.06. The van der Waals surface area contributed by atoms with E-state index in [-0.39, 0.29) is 0 Å². The maximum atomic E-state index is 3.71. The van der Waals surface area contributed by atoms with Crippen molar-refractivity contribution < 1.29 is 0 Å². The summed E-state index contributed by atoms with van der Waals surface area (Å²) in [5.41, 5.74) is 1.59. The number of hydrogen-bond acceptors (Lipinski definition) is 3. The third-order valence-electron chi connectivity index (χ3n) is 3.56. The maximum absolute atomic E-state index is 3.71. The van der Waals surface area contributed by atoms with Crippen LogP contribution in [-0.4, -0.2) is 6.54 Å². The predicted molar refractivity (Wildman–Crippen MR) is 88.5 cm³/mol. The topological polar surface area (TPSA) is 12.0 Å². The van der Waals surface area contributed by atoms with Crippen molar-refractivity contribution in [3.05, 3.63) is 42.2 Å². The molecule has 2 heterocycles. The van der Waals surface area contributed by atoms with Crippen molar-refractivity contribution in [2.75, 3.05) is 6.54 Å². The SMILES string of the molecule is CCCNC(c1cc2c(s1)CCC2)c1sccc1Br. The van der Waals surface area contributed by atoms with Crippen LogP contribution in [0.1, 0.15) is 46.0 Å². The Morgan fingerprint density at radius 2 is 2.32 bits per heavy atom. The van der Waals surface area contributed by atoms with E-state index in [1.165, 1.54) is 39.9 Å². The van der Waals surface area contributed by atoms with Gasteiger partial charge in [0.15, 0.2) is 0 Å². The van der Waals surface area contributed by atoms with Gasteiger partial charge in [0.1, 0.15) is 0 Å². The molecule has 1 nitrogen and oxygen atoms in total. The van der Waals surface area contributed by atoms with E-state index in [0.29, 0.717) is 6.04 Å². The lowest BCUT2D eigenvalue weighted by atomic mass is 10.1. The molecule has 102 valence electrons. The molecule has 1 aliphatic carbocycles. The molecule has 0 bridgehead atoms. The summed E-state index contributed by atoms with van der Waals surface area (Å²) in [5, 5.41) is 5.88. The molecule has 2 aromatic heterocycles. The van der Waals surface area contributed by atoms with Crippen LogP contribution in [0.3, 0.4) is 0 Å². The van der Waals surface area contributed by atoms with Crippen LogP contribution in [0.2, 0.25) is 0 Å². The Kier molecular flexibility index (Phi) is 4.42. The summed E-state index contributed by atoms with van der Waals surface area (Å²) < 4.78 is 1.24. The Labute approximate surface area is 131 Å². The van der Waals surface area contributed by atoms with E-state index in [9.17, 15) is 0 Å². The van der Waals surface area contributed by atoms with Gasteiger partial charge < -0.3 is 5.32 Å². The normalized spacial score (nSPS) is 15.7. The molecular weight excluding hydrogens is 338 g/mol. The van der Waals surface area contributed by atoms with Crippen LogP contribution in [0.15, 0.2) is 22.0 Å². The molecule has 0 spiro atoms. The Balaban J connectivity index is 1.92. The summed E-state index contributed by atoms with van der Waals surface area (Å²) in [7, 11) is 0. The first-order valence-electron chi connectivity index (χ1n) is 6.87. The number of nitrogens with one attached hydrogen (secondary N) is 1. The Morgan fingerprint density at radius 1 is 1.42 bits per heavy atom. The monoisotopic (exact) mass is 355 g/mol. The van der Waals surface area contributed by atoms with Crippen molar-refractivity contribution in [1.82, 2.24) is 5.32 Å². The summed E-state index contributed by atoms with van der Waals surface area (Å²) in [5.74, 6) is 0. The predicted octanol–water partition coefficient (Wildman–Crippen LogP) is 5.15. The van der Waals surface area contributed by atoms with Crippen molar-refractivity contribution in [1.29, 1.82) is 0 Å². The minimum absolute atomic E-state index is 0.366. The van der Waals surface area contributed by atoms with E-state index in [0.717, 1.165) is 6.54 Å². The van der Waals surface area contributed by atoms with Crippen molar-refractivity contribution in [3.63, 3.8) is 0 Å². The molecule has 1 unspecified atom stereocenters. The van der Waals surface area contributed by atoms with Gasteiger partial charge in [-0.25, -0.2) is 0 Å². The standard InChI is InChI=1S/C15H18BrNS2/c1-2-7-17-14(15-11(16)6-8-18-15)13-9-10-4-3-5-12(10)19-13/h6,8-9,14,17H,2-5,7H2,1H3. The molecule has 0 saturated carbocycles. The molecule has 0 fully saturated rings. The minimum atomic E-state index is 0.366. The van der Waals surface area contributed by atoms with Crippen molar-refractivity contribution in [2.24, 2.45) is 0 Å². The number of aryl methyl sites for hydroxylation is 2. The second-order valence-corrected chi connectivity index (χ2v) is 7.94. The van der Waals surface area contributed by atoms with E-state index in [2.05, 4.69) is 45.7 Å². The highest BCUT2D eigenvalue weighted by atomic mass is 79.9. The van der Waals surface area contributed by atoms with Gasteiger partial charge in [0.05, 0.1) is 6.04 Å². The Morgan fingerprint density at radius 3 is 3.00 bits per heavy atom. The summed E-state index contributed by atoms with van der Waals surface area (Å²) >= 11 is 7.54. The summed E-state index contributed by atoms with van der Waals surface area (Å²) in [6.45, 7) is 3.29. The molecule has 0 amide bonds. The van der Waals surface area contributed by atoms with E-state index in [4.69, 9.17) is 0 Å². The molecule has 1 aliphatic rings. The minimum Gasteiger partial charge on any atom is -0.305 e. The number of hydrogen-bond donors (Lipinski definition) is 1. The van der Waals surface area contributed by atoms with E-state index in [1.807, 2.05) is 22.7 Å². The van der Waals surface area contributed by atoms with E-state index < -0.39 is 0 Å². The van der Waals surface area contributed by atoms with E-state index >= 15 is 0 Å². The zero-order chi connectivity index (χ0) is 13.2. The zero-order valence-corrected chi connectivity index (χ0v) is 14.3. The van der Waals surface area contributed by atoms with Gasteiger partial charge in [-0.05, 0) is 71.2 Å². The first-order valence-corrected chi connectivity index (χ1v) is 9.36. The van der Waals surface area contributed by atoms with Crippen molar-refractivity contribution >= 4 is 38.6 Å². The Bertz CT molecular complexity index is 537. The molecule has 0 saturated heterocycles. The number of fused-ring (bicyclic) bond motifs is 1. The molecule has 1 atom stereocenters. The van der Waals surface area contributed by atoms with Crippen molar-refractivity contribution in [3.8, 4) is 0 Å². The third-order valence-corrected chi connectivity index (χ3v) is 6.79. The fraction of sp³-hybridized carbons (Fsp3) is 0.467. The summed E-state index contributed by atoms with van der Waals surface area (Å²) in [6.07, 6.45) is 5.08. The van der Waals surface area contributed by atoms with Crippen LogP contribution >= 0.6 is 38.6 Å². The maximum Gasteiger partial charge on any atom is 0.0776 e. The third kappa shape index (κ3) is 2.82. The van der Waals surface area contributed by atoms with Gasteiger partial charge >= 0.3 is 0 Å². The number of thiophene rings is 2. The van der Waals surface area contributed by atoms with Gasteiger partial charge in [0.25, 0.3) is 0 Å². The smallest absolute Gasteiger partial charge is 0.0776 e. The first kappa shape index (κ1) is 13.8. The summed E-state index contributed by atoms with van der Waals surface area (Å²) in [6, 6.07) is 4.96. The highest BCUT2D eigenvalue weighted by molar-refractivity contribution is 9.10. The molecule has 0 aromatic carbocycles. The lowest BCUT2D eigenvalue weighted by Crippen LogP contribution is -2.21. The largest absolute Gasteiger partial charge is 0.305 e. The van der Waals surface area contributed by atoms with Crippen LogP contribution in [-0.2, 0) is 12.8 Å². The molecular formula is C15H18BrNS2. The molecule has 0 radical (unpaired) electrons. The molecule has 2 aromatic rings. The van der Waals surface area contributed by atoms with Crippen LogP contribution < -0.4 is 5.32 Å². The highest BCUT2D eigenvalue weighted by Gasteiger charge is 2.23. The van der Waals surface area contributed by atoms with E-state index in [1.54, 1.807) is 10.4 Å².